The zero-order chi connectivity index (χ0) is 40.1. The molecule has 0 radical (unpaired) electrons. The molecule has 57 heavy (non-hydrogen) atoms. The fourth-order valence-electron chi connectivity index (χ4n) is 10.9. The van der Waals surface area contributed by atoms with E-state index in [9.17, 15) is 15.0 Å². The second-order valence-corrected chi connectivity index (χ2v) is 17.8. The monoisotopic (exact) mass is 798 g/mol. The topological polar surface area (TPSA) is 164 Å². The van der Waals surface area contributed by atoms with Crippen LogP contribution in [-0.2, 0) is 32.7 Å². The van der Waals surface area contributed by atoms with Crippen molar-refractivity contribution in [1.82, 2.24) is 20.5 Å². The van der Waals surface area contributed by atoms with Gasteiger partial charge in [0.2, 0.25) is 6.79 Å². The van der Waals surface area contributed by atoms with Gasteiger partial charge in [-0.3, -0.25) is 10.1 Å². The number of hydrogen-bond donors (Lipinski definition) is 5. The minimum absolute atomic E-state index is 0.0141. The summed E-state index contributed by atoms with van der Waals surface area (Å²) in [6.45, 7) is 5.83. The molecular formula is C43H50N4O9S. The minimum atomic E-state index is -1.37. The number of likely N-dealkylation sites (N-methyl/N-ethyl adjacent to an activating group) is 2. The third-order valence-corrected chi connectivity index (χ3v) is 14.2. The van der Waals surface area contributed by atoms with Crippen molar-refractivity contribution < 1.29 is 43.5 Å². The predicted octanol–water partition coefficient (Wildman–Crippen LogP) is 4.46. The maximum absolute atomic E-state index is 15.2. The quantitative estimate of drug-likeness (QED) is 0.137. The number of aliphatic hydroxyl groups is 1. The lowest BCUT2D eigenvalue weighted by atomic mass is 9.55. The minimum Gasteiger partial charge on any atom is -0.504 e. The molecule has 7 atom stereocenters. The fraction of sp³-hybridized carbons (Fsp3) is 0.488. The van der Waals surface area contributed by atoms with Gasteiger partial charge >= 0.3 is 11.9 Å². The van der Waals surface area contributed by atoms with Gasteiger partial charge in [-0.05, 0) is 64.2 Å². The molecule has 4 aliphatic heterocycles. The molecule has 4 aromatic rings. The van der Waals surface area contributed by atoms with Crippen molar-refractivity contribution >= 4 is 34.6 Å². The number of aromatic nitrogens is 1. The van der Waals surface area contributed by atoms with Crippen LogP contribution in [0.1, 0.15) is 68.6 Å². The highest BCUT2D eigenvalue weighted by molar-refractivity contribution is 7.99. The molecule has 14 heteroatoms. The van der Waals surface area contributed by atoms with Crippen molar-refractivity contribution in [1.29, 1.82) is 0 Å². The van der Waals surface area contributed by atoms with Gasteiger partial charge in [-0.2, -0.15) is 0 Å². The van der Waals surface area contributed by atoms with Crippen LogP contribution in [0.4, 0.5) is 0 Å². The molecule has 1 spiro atoms. The lowest BCUT2D eigenvalue weighted by molar-refractivity contribution is -0.155. The number of methoxy groups -OCH3 is 1. The molecule has 0 saturated carbocycles. The molecule has 2 bridgehead atoms. The average molecular weight is 799 g/mol. The first-order valence-electron chi connectivity index (χ1n) is 19.5. The van der Waals surface area contributed by atoms with E-state index in [-0.39, 0.29) is 43.9 Å². The van der Waals surface area contributed by atoms with Gasteiger partial charge in [-0.1, -0.05) is 24.3 Å². The zero-order valence-electron chi connectivity index (χ0n) is 33.3. The van der Waals surface area contributed by atoms with Gasteiger partial charge in [-0.25, -0.2) is 4.79 Å². The molecule has 5 heterocycles. The molecule has 0 amide bonds. The standard InChI is InChI=1S/C43H50N4O9S/c1-20-12-23-14-42(51,17-47(5)6)33-27-16-53-41(50)43(40-26(13-24(46-43)15-44-4)25-10-8-9-11-28(25)45-40)18-57-39(31(33)29(23)34(49)35(20)52-7)32-30(27)38-37(54-19-55-38)21(2)36(32)56-22(3)48/h8-12,24,27,31,33,39,44-46,49,51H,13-19H2,1-7H3/t24-,27+,31+,33?,39+,42+,43-/m1/s1. The molecular weight excluding hydrogens is 749 g/mol. The number of benzene rings is 3. The molecule has 1 fully saturated rings. The van der Waals surface area contributed by atoms with Crippen molar-refractivity contribution in [2.75, 3.05) is 60.5 Å². The molecule has 10 rings (SSSR count). The largest absolute Gasteiger partial charge is 0.504 e. The number of carbonyl (C=O) groups excluding carboxylic acids is 2. The van der Waals surface area contributed by atoms with E-state index in [1.54, 1.807) is 7.11 Å². The molecule has 5 N–H and O–H groups in total. The summed E-state index contributed by atoms with van der Waals surface area (Å²) in [5, 5.41) is 33.1. The van der Waals surface area contributed by atoms with Crippen molar-refractivity contribution in [3.63, 3.8) is 0 Å². The van der Waals surface area contributed by atoms with Crippen LogP contribution >= 0.6 is 11.8 Å². The lowest BCUT2D eigenvalue weighted by Gasteiger charge is -2.56. The Bertz CT molecular complexity index is 2330. The van der Waals surface area contributed by atoms with Gasteiger partial charge in [0.1, 0.15) is 5.75 Å². The van der Waals surface area contributed by atoms with E-state index >= 15 is 4.79 Å². The van der Waals surface area contributed by atoms with Crippen molar-refractivity contribution in [2.45, 2.75) is 67.9 Å². The number of ether oxygens (including phenoxy) is 5. The summed E-state index contributed by atoms with van der Waals surface area (Å²) in [7, 11) is 7.29. The number of aryl methyl sites for hydroxylation is 1. The van der Waals surface area contributed by atoms with Gasteiger partial charge in [0.05, 0.1) is 25.0 Å². The van der Waals surface area contributed by atoms with Gasteiger partial charge in [-0.15, -0.1) is 11.8 Å². The van der Waals surface area contributed by atoms with Crippen LogP contribution in [0.25, 0.3) is 10.9 Å². The summed E-state index contributed by atoms with van der Waals surface area (Å²) in [5.74, 6) is -0.934. The molecule has 6 aliphatic rings. The van der Waals surface area contributed by atoms with Crippen molar-refractivity contribution in [2.24, 2.45) is 5.92 Å². The molecule has 1 saturated heterocycles. The number of nitrogens with zero attached hydrogens (tertiary/aromatic N) is 1. The first-order chi connectivity index (χ1) is 27.3. The number of para-hydroxylation sites is 1. The highest BCUT2D eigenvalue weighted by Crippen LogP contribution is 2.69. The fourth-order valence-corrected chi connectivity index (χ4v) is 12.6. The van der Waals surface area contributed by atoms with Gasteiger partial charge < -0.3 is 49.1 Å². The van der Waals surface area contributed by atoms with Crippen LogP contribution < -0.4 is 29.6 Å². The van der Waals surface area contributed by atoms with E-state index in [4.69, 9.17) is 23.7 Å². The SMILES string of the molecule is CNC[C@H]1Cc2c([nH]c3ccccc23)[C@@]2(CS[C@@H]3c4c(OC(C)=O)c(C)c5c(c4[C@H](COC2=O)C2[C@@H]3c3c(cc(C)c(OC)c3O)C[C@]2(O)CN(C)C)OCO5)N1. The summed E-state index contributed by atoms with van der Waals surface area (Å²) in [5.41, 5.74) is 4.28. The number of carbonyl (C=O) groups is 2. The Balaban J connectivity index is 1.35. The Kier molecular flexibility index (Phi) is 9.24. The number of fused-ring (bicyclic) bond motifs is 8. The summed E-state index contributed by atoms with van der Waals surface area (Å²) in [6.07, 6.45) is 0.922. The number of phenolic OH excluding ortho intramolecular Hbond substituents is 1. The van der Waals surface area contributed by atoms with Gasteiger partial charge in [0.25, 0.3) is 0 Å². The number of rotatable bonds is 6. The summed E-state index contributed by atoms with van der Waals surface area (Å²) < 4.78 is 31.0. The van der Waals surface area contributed by atoms with E-state index in [2.05, 4.69) is 21.7 Å². The van der Waals surface area contributed by atoms with E-state index < -0.39 is 46.1 Å². The predicted molar refractivity (Wildman–Crippen MR) is 215 cm³/mol. The van der Waals surface area contributed by atoms with E-state index in [1.807, 2.05) is 64.2 Å². The van der Waals surface area contributed by atoms with Crippen molar-refractivity contribution in [3.8, 4) is 28.7 Å². The van der Waals surface area contributed by atoms with Crippen LogP contribution in [0, 0.1) is 19.8 Å². The highest BCUT2D eigenvalue weighted by Gasteiger charge is 2.62. The number of H-pyrrole nitrogens is 1. The number of nitrogens with one attached hydrogen (secondary N) is 3. The molecule has 302 valence electrons. The number of thioether (sulfide) groups is 1. The lowest BCUT2D eigenvalue weighted by Crippen LogP contribution is -2.63. The highest BCUT2D eigenvalue weighted by atomic mass is 32.2. The second-order valence-electron chi connectivity index (χ2n) is 16.6. The number of esters is 2. The van der Waals surface area contributed by atoms with Gasteiger partial charge in [0, 0.05) is 94.4 Å². The molecule has 1 aromatic heterocycles. The second kappa shape index (κ2) is 13.8. The van der Waals surface area contributed by atoms with E-state index in [0.29, 0.717) is 58.2 Å². The Morgan fingerprint density at radius 3 is 2.61 bits per heavy atom. The third kappa shape index (κ3) is 5.65. The first-order valence-corrected chi connectivity index (χ1v) is 20.6. The number of phenols is 1. The van der Waals surface area contributed by atoms with Crippen molar-refractivity contribution in [3.05, 3.63) is 75.0 Å². The Morgan fingerprint density at radius 2 is 1.88 bits per heavy atom. The average Bonchev–Trinajstić information content (AvgIpc) is 3.80. The Hall–Kier alpha value is -4.47. The van der Waals surface area contributed by atoms with E-state index in [0.717, 1.165) is 33.3 Å². The normalized spacial score (nSPS) is 28.4. The van der Waals surface area contributed by atoms with Crippen LogP contribution in [0.5, 0.6) is 28.7 Å². The summed E-state index contributed by atoms with van der Waals surface area (Å²) in [4.78, 5) is 33.8. The van der Waals surface area contributed by atoms with Gasteiger partial charge in [0.15, 0.2) is 28.5 Å². The molecule has 13 nitrogen and oxygen atoms in total. The summed E-state index contributed by atoms with van der Waals surface area (Å²) >= 11 is 1.53. The maximum atomic E-state index is 15.2. The summed E-state index contributed by atoms with van der Waals surface area (Å²) in [6, 6.07) is 9.99. The smallest absolute Gasteiger partial charge is 0.333 e. The molecule has 1 unspecified atom stereocenters. The Labute approximate surface area is 335 Å². The van der Waals surface area contributed by atoms with Crippen LogP contribution in [0.2, 0.25) is 0 Å². The zero-order valence-corrected chi connectivity index (χ0v) is 34.1. The van der Waals surface area contributed by atoms with Crippen LogP contribution in [0.15, 0.2) is 30.3 Å². The van der Waals surface area contributed by atoms with Crippen LogP contribution in [0.3, 0.4) is 0 Å². The maximum Gasteiger partial charge on any atom is 0.333 e. The first kappa shape index (κ1) is 38.1. The van der Waals surface area contributed by atoms with E-state index in [1.165, 1.54) is 18.7 Å². The number of aromatic hydroxyl groups is 1. The Morgan fingerprint density at radius 1 is 1.11 bits per heavy atom. The third-order valence-electron chi connectivity index (χ3n) is 12.7. The number of hydrogen-bond acceptors (Lipinski definition) is 13. The number of aromatic amines is 1. The molecule has 3 aromatic carbocycles. The van der Waals surface area contributed by atoms with Crippen LogP contribution in [-0.4, -0.2) is 104 Å². The molecule has 2 aliphatic carbocycles.